The molecule has 0 spiro atoms. The van der Waals surface area contributed by atoms with Crippen LogP contribution in [0.5, 0.6) is 0 Å². The van der Waals surface area contributed by atoms with Crippen LogP contribution in [0.2, 0.25) is 0 Å². The molecular formula is C14H12BrNO3S. The van der Waals surface area contributed by atoms with E-state index >= 15 is 0 Å². The number of hydrogen-bond donors (Lipinski definition) is 1. The summed E-state index contributed by atoms with van der Waals surface area (Å²) in [6.45, 7) is 0. The molecule has 0 aliphatic heterocycles. The predicted molar refractivity (Wildman–Crippen MR) is 81.6 cm³/mol. The van der Waals surface area contributed by atoms with Gasteiger partial charge in [-0.05, 0) is 46.3 Å². The summed E-state index contributed by atoms with van der Waals surface area (Å²) in [7, 11) is -3.33. The Labute approximate surface area is 125 Å². The van der Waals surface area contributed by atoms with Gasteiger partial charge in [0.05, 0.1) is 10.6 Å². The van der Waals surface area contributed by atoms with Crippen molar-refractivity contribution < 1.29 is 13.2 Å². The maximum Gasteiger partial charge on any atom is 0.255 e. The van der Waals surface area contributed by atoms with E-state index in [1.165, 1.54) is 12.1 Å². The second kappa shape index (κ2) is 5.76. The van der Waals surface area contributed by atoms with Gasteiger partial charge >= 0.3 is 0 Å². The van der Waals surface area contributed by atoms with Crippen molar-refractivity contribution in [2.24, 2.45) is 0 Å². The van der Waals surface area contributed by atoms with Crippen molar-refractivity contribution in [2.45, 2.75) is 4.90 Å². The molecule has 1 amide bonds. The lowest BCUT2D eigenvalue weighted by Crippen LogP contribution is -2.13. The van der Waals surface area contributed by atoms with Crippen molar-refractivity contribution in [3.05, 3.63) is 58.6 Å². The number of nitrogens with one attached hydrogen (secondary N) is 1. The normalized spacial score (nSPS) is 11.1. The summed E-state index contributed by atoms with van der Waals surface area (Å²) in [5, 5.41) is 2.72. The summed E-state index contributed by atoms with van der Waals surface area (Å²) in [5.74, 6) is -0.359. The van der Waals surface area contributed by atoms with E-state index < -0.39 is 9.84 Å². The van der Waals surface area contributed by atoms with Gasteiger partial charge in [0.15, 0.2) is 9.84 Å². The van der Waals surface area contributed by atoms with Crippen LogP contribution in [0.15, 0.2) is 57.9 Å². The third-order valence-corrected chi connectivity index (χ3v) is 4.45. The molecule has 0 aliphatic carbocycles. The molecule has 0 aromatic heterocycles. The first-order valence-electron chi connectivity index (χ1n) is 5.74. The van der Waals surface area contributed by atoms with Gasteiger partial charge in [0.25, 0.3) is 5.91 Å². The van der Waals surface area contributed by atoms with E-state index in [-0.39, 0.29) is 10.8 Å². The Morgan fingerprint density at radius 2 is 1.80 bits per heavy atom. The van der Waals surface area contributed by atoms with Gasteiger partial charge in [0.1, 0.15) is 0 Å². The van der Waals surface area contributed by atoms with Crippen LogP contribution in [0.4, 0.5) is 5.69 Å². The Morgan fingerprint density at radius 1 is 1.10 bits per heavy atom. The second-order valence-electron chi connectivity index (χ2n) is 4.23. The number of amides is 1. The minimum absolute atomic E-state index is 0.122. The molecule has 4 nitrogen and oxygen atoms in total. The maximum atomic E-state index is 12.1. The number of para-hydroxylation sites is 1. The van der Waals surface area contributed by atoms with Crippen LogP contribution in [-0.2, 0) is 9.84 Å². The fourth-order valence-corrected chi connectivity index (χ4v) is 2.68. The van der Waals surface area contributed by atoms with E-state index in [9.17, 15) is 13.2 Å². The lowest BCUT2D eigenvalue weighted by atomic mass is 10.2. The molecule has 2 rings (SSSR count). The Hall–Kier alpha value is -1.66. The molecule has 0 saturated heterocycles. The number of sulfone groups is 1. The number of carbonyl (C=O) groups is 1. The molecule has 0 saturated carbocycles. The molecule has 0 bridgehead atoms. The van der Waals surface area contributed by atoms with E-state index in [0.29, 0.717) is 11.3 Å². The number of halogens is 1. The molecule has 0 atom stereocenters. The number of hydrogen-bond acceptors (Lipinski definition) is 3. The monoisotopic (exact) mass is 353 g/mol. The second-order valence-corrected chi connectivity index (χ2v) is 7.10. The van der Waals surface area contributed by atoms with Gasteiger partial charge < -0.3 is 5.32 Å². The highest BCUT2D eigenvalue weighted by Crippen LogP contribution is 2.22. The first kappa shape index (κ1) is 14.7. The van der Waals surface area contributed by atoms with Gasteiger partial charge in [-0.25, -0.2) is 8.42 Å². The van der Waals surface area contributed by atoms with E-state index in [2.05, 4.69) is 21.2 Å². The van der Waals surface area contributed by atoms with Gasteiger partial charge in [-0.3, -0.25) is 4.79 Å². The largest absolute Gasteiger partial charge is 0.321 e. The van der Waals surface area contributed by atoms with Crippen molar-refractivity contribution in [3.63, 3.8) is 0 Å². The standard InChI is InChI=1S/C14H12BrNO3S/c1-20(18,19)11-6-4-5-10(9-11)14(17)16-13-8-3-2-7-12(13)15/h2-9H,1H3,(H,16,17). The summed E-state index contributed by atoms with van der Waals surface area (Å²) >= 11 is 3.33. The minimum Gasteiger partial charge on any atom is -0.321 e. The van der Waals surface area contributed by atoms with Crippen LogP contribution >= 0.6 is 15.9 Å². The molecular weight excluding hydrogens is 342 g/mol. The highest BCUT2D eigenvalue weighted by molar-refractivity contribution is 9.10. The van der Waals surface area contributed by atoms with Crippen LogP contribution in [0, 0.1) is 0 Å². The van der Waals surface area contributed by atoms with Crippen LogP contribution in [-0.4, -0.2) is 20.6 Å². The van der Waals surface area contributed by atoms with Gasteiger partial charge in [0, 0.05) is 16.3 Å². The summed E-state index contributed by atoms with van der Waals surface area (Å²) in [5.41, 5.74) is 0.922. The van der Waals surface area contributed by atoms with Crippen molar-refractivity contribution in [2.75, 3.05) is 11.6 Å². The van der Waals surface area contributed by atoms with E-state index in [4.69, 9.17) is 0 Å². The number of anilines is 1. The Bertz CT molecular complexity index is 757. The van der Waals surface area contributed by atoms with Crippen LogP contribution in [0.25, 0.3) is 0 Å². The van der Waals surface area contributed by atoms with Crippen LogP contribution < -0.4 is 5.32 Å². The molecule has 104 valence electrons. The zero-order valence-electron chi connectivity index (χ0n) is 10.6. The summed E-state index contributed by atoms with van der Waals surface area (Å²) in [4.78, 5) is 12.2. The van der Waals surface area contributed by atoms with E-state index in [1.54, 1.807) is 24.3 Å². The van der Waals surface area contributed by atoms with E-state index in [0.717, 1.165) is 10.7 Å². The summed E-state index contributed by atoms with van der Waals surface area (Å²) < 4.78 is 23.7. The first-order chi connectivity index (χ1) is 9.38. The van der Waals surface area contributed by atoms with Gasteiger partial charge in [0.2, 0.25) is 0 Å². The lowest BCUT2D eigenvalue weighted by Gasteiger charge is -2.08. The van der Waals surface area contributed by atoms with E-state index in [1.807, 2.05) is 12.1 Å². The average molecular weight is 354 g/mol. The highest BCUT2D eigenvalue weighted by Gasteiger charge is 2.12. The molecule has 0 unspecified atom stereocenters. The Balaban J connectivity index is 2.29. The molecule has 20 heavy (non-hydrogen) atoms. The summed E-state index contributed by atoms with van der Waals surface area (Å²) in [6, 6.07) is 13.1. The van der Waals surface area contributed by atoms with Crippen molar-refractivity contribution in [1.82, 2.24) is 0 Å². The van der Waals surface area contributed by atoms with Crippen molar-refractivity contribution in [3.8, 4) is 0 Å². The van der Waals surface area contributed by atoms with Gasteiger partial charge in [-0.2, -0.15) is 0 Å². The maximum absolute atomic E-state index is 12.1. The molecule has 2 aromatic rings. The molecule has 0 fully saturated rings. The SMILES string of the molecule is CS(=O)(=O)c1cccc(C(=O)Nc2ccccc2Br)c1. The van der Waals surface area contributed by atoms with Gasteiger partial charge in [-0.1, -0.05) is 18.2 Å². The summed E-state index contributed by atoms with van der Waals surface area (Å²) in [6.07, 6.45) is 1.11. The fourth-order valence-electron chi connectivity index (χ4n) is 1.63. The topological polar surface area (TPSA) is 63.2 Å². The zero-order chi connectivity index (χ0) is 14.8. The third kappa shape index (κ3) is 3.46. The number of rotatable bonds is 3. The minimum atomic E-state index is -3.33. The zero-order valence-corrected chi connectivity index (χ0v) is 13.0. The number of benzene rings is 2. The lowest BCUT2D eigenvalue weighted by molar-refractivity contribution is 0.102. The molecule has 2 aromatic carbocycles. The molecule has 6 heteroatoms. The quantitative estimate of drug-likeness (QED) is 0.921. The fraction of sp³-hybridized carbons (Fsp3) is 0.0714. The highest BCUT2D eigenvalue weighted by atomic mass is 79.9. The molecule has 1 N–H and O–H groups in total. The third-order valence-electron chi connectivity index (χ3n) is 2.65. The molecule has 0 aliphatic rings. The average Bonchev–Trinajstić information content (AvgIpc) is 2.40. The smallest absolute Gasteiger partial charge is 0.255 e. The predicted octanol–water partition coefficient (Wildman–Crippen LogP) is 3.10. The number of carbonyl (C=O) groups excluding carboxylic acids is 1. The van der Waals surface area contributed by atoms with Gasteiger partial charge in [-0.15, -0.1) is 0 Å². The molecule has 0 radical (unpaired) electrons. The van der Waals surface area contributed by atoms with Crippen LogP contribution in [0.3, 0.4) is 0 Å². The first-order valence-corrected chi connectivity index (χ1v) is 8.42. The van der Waals surface area contributed by atoms with Crippen molar-refractivity contribution in [1.29, 1.82) is 0 Å². The Morgan fingerprint density at radius 3 is 2.45 bits per heavy atom. The Kier molecular flexibility index (Phi) is 4.25. The molecule has 0 heterocycles. The van der Waals surface area contributed by atoms with Crippen molar-refractivity contribution >= 4 is 37.4 Å². The van der Waals surface area contributed by atoms with Crippen LogP contribution in [0.1, 0.15) is 10.4 Å².